The van der Waals surface area contributed by atoms with Crippen LogP contribution < -0.4 is 4.74 Å². The van der Waals surface area contributed by atoms with E-state index in [0.29, 0.717) is 5.92 Å². The maximum absolute atomic E-state index is 5.24. The molecule has 130 valence electrons. The first-order chi connectivity index (χ1) is 12.2. The second-order valence-electron chi connectivity index (χ2n) is 6.81. The summed E-state index contributed by atoms with van der Waals surface area (Å²) < 4.78 is 5.24. The van der Waals surface area contributed by atoms with Gasteiger partial charge in [0.25, 0.3) is 0 Å². The number of aromatic amines is 1. The van der Waals surface area contributed by atoms with Gasteiger partial charge in [-0.2, -0.15) is 0 Å². The third-order valence-electron chi connectivity index (χ3n) is 5.14. The second-order valence-corrected chi connectivity index (χ2v) is 7.95. The number of methoxy groups -OCH3 is 1. The van der Waals surface area contributed by atoms with Gasteiger partial charge in [0.15, 0.2) is 0 Å². The molecule has 1 fully saturated rings. The molecule has 0 aliphatic carbocycles. The van der Waals surface area contributed by atoms with E-state index in [1.165, 1.54) is 52.2 Å². The Labute approximate surface area is 153 Å². The van der Waals surface area contributed by atoms with Gasteiger partial charge in [-0.3, -0.25) is 0 Å². The quantitative estimate of drug-likeness (QED) is 0.705. The number of rotatable bonds is 4. The molecular formula is C21H24N2OS. The zero-order chi connectivity index (χ0) is 17.2. The summed E-state index contributed by atoms with van der Waals surface area (Å²) in [5, 5.41) is 1.38. The topological polar surface area (TPSA) is 28.3 Å². The lowest BCUT2D eigenvalue weighted by atomic mass is 9.89. The van der Waals surface area contributed by atoms with Crippen molar-refractivity contribution in [3.63, 3.8) is 0 Å². The highest BCUT2D eigenvalue weighted by atomic mass is 32.2. The number of aromatic nitrogens is 1. The molecule has 4 rings (SSSR count). The van der Waals surface area contributed by atoms with E-state index in [9.17, 15) is 0 Å². The summed E-state index contributed by atoms with van der Waals surface area (Å²) in [5.74, 6) is 1.57. The Morgan fingerprint density at radius 3 is 2.48 bits per heavy atom. The number of nitrogens with zero attached hydrogens (tertiary/aromatic N) is 1. The van der Waals surface area contributed by atoms with Crippen LogP contribution in [0.4, 0.5) is 0 Å². The molecule has 3 nitrogen and oxygen atoms in total. The van der Waals surface area contributed by atoms with Gasteiger partial charge in [0.05, 0.1) is 7.11 Å². The minimum Gasteiger partial charge on any atom is -0.497 e. The maximum atomic E-state index is 5.24. The molecule has 4 heteroatoms. The predicted octanol–water partition coefficient (Wildman–Crippen LogP) is 5.14. The summed E-state index contributed by atoms with van der Waals surface area (Å²) in [6, 6.07) is 15.0. The molecule has 3 aromatic rings. The average molecular weight is 353 g/mol. The van der Waals surface area contributed by atoms with Crippen molar-refractivity contribution in [2.24, 2.45) is 0 Å². The van der Waals surface area contributed by atoms with Crippen LogP contribution >= 0.6 is 11.8 Å². The molecule has 25 heavy (non-hydrogen) atoms. The summed E-state index contributed by atoms with van der Waals surface area (Å²) >= 11 is 1.80. The lowest BCUT2D eigenvalue weighted by Gasteiger charge is -2.28. The minimum absolute atomic E-state index is 0.672. The normalized spacial score (nSPS) is 16.4. The van der Waals surface area contributed by atoms with Gasteiger partial charge in [-0.05, 0) is 86.9 Å². The summed E-state index contributed by atoms with van der Waals surface area (Å²) in [7, 11) is 3.92. The number of hydrogen-bond acceptors (Lipinski definition) is 3. The second kappa shape index (κ2) is 7.14. The van der Waals surface area contributed by atoms with Gasteiger partial charge in [-0.25, -0.2) is 0 Å². The summed E-state index contributed by atoms with van der Waals surface area (Å²) in [6.07, 6.45) is 4.72. The van der Waals surface area contributed by atoms with Gasteiger partial charge in [-0.15, -0.1) is 0 Å². The summed E-state index contributed by atoms with van der Waals surface area (Å²) in [4.78, 5) is 8.41. The smallest absolute Gasteiger partial charge is 0.118 e. The van der Waals surface area contributed by atoms with Crippen LogP contribution in [0.15, 0.2) is 58.5 Å². The Hall–Kier alpha value is -1.91. The molecule has 0 atom stereocenters. The molecule has 1 aromatic heterocycles. The molecule has 0 saturated carbocycles. The highest BCUT2D eigenvalue weighted by Crippen LogP contribution is 2.36. The molecular weight excluding hydrogens is 328 g/mol. The van der Waals surface area contributed by atoms with Gasteiger partial charge in [0.2, 0.25) is 0 Å². The van der Waals surface area contributed by atoms with E-state index >= 15 is 0 Å². The number of benzene rings is 2. The van der Waals surface area contributed by atoms with E-state index in [2.05, 4.69) is 53.5 Å². The fourth-order valence-electron chi connectivity index (χ4n) is 3.62. The van der Waals surface area contributed by atoms with E-state index in [1.54, 1.807) is 18.9 Å². The van der Waals surface area contributed by atoms with Crippen LogP contribution in [0.1, 0.15) is 24.3 Å². The van der Waals surface area contributed by atoms with Gasteiger partial charge < -0.3 is 14.6 Å². The number of piperidine rings is 1. The van der Waals surface area contributed by atoms with Gasteiger partial charge in [-0.1, -0.05) is 11.8 Å². The number of H-pyrrole nitrogens is 1. The van der Waals surface area contributed by atoms with Crippen molar-refractivity contribution in [1.82, 2.24) is 9.88 Å². The number of hydrogen-bond donors (Lipinski definition) is 1. The predicted molar refractivity (Wildman–Crippen MR) is 105 cm³/mol. The largest absolute Gasteiger partial charge is 0.497 e. The standard InChI is InChI=1S/C21H24N2OS/c1-23-11-9-15(10-12-23)20-14-22-21-8-7-18(13-19(20)21)25-17-5-3-16(24-2)4-6-17/h3-8,13-15,22H,9-12H2,1-2H3. The number of nitrogens with one attached hydrogen (secondary N) is 1. The van der Waals surface area contributed by atoms with Crippen LogP contribution in [0.3, 0.4) is 0 Å². The first-order valence-electron chi connectivity index (χ1n) is 8.84. The molecule has 0 spiro atoms. The van der Waals surface area contributed by atoms with Crippen LogP contribution in [0.5, 0.6) is 5.75 Å². The van der Waals surface area contributed by atoms with Crippen LogP contribution in [-0.2, 0) is 0 Å². The molecule has 0 bridgehead atoms. The van der Waals surface area contributed by atoms with Gasteiger partial charge in [0, 0.05) is 26.9 Å². The zero-order valence-corrected chi connectivity index (χ0v) is 15.6. The lowest BCUT2D eigenvalue weighted by Crippen LogP contribution is -2.29. The Morgan fingerprint density at radius 2 is 1.76 bits per heavy atom. The van der Waals surface area contributed by atoms with Crippen molar-refractivity contribution in [2.75, 3.05) is 27.2 Å². The number of fused-ring (bicyclic) bond motifs is 1. The van der Waals surface area contributed by atoms with E-state index in [0.717, 1.165) is 5.75 Å². The van der Waals surface area contributed by atoms with Crippen molar-refractivity contribution < 1.29 is 4.74 Å². The molecule has 0 amide bonds. The van der Waals surface area contributed by atoms with Crippen LogP contribution in [0, 0.1) is 0 Å². The Kier molecular flexibility index (Phi) is 4.73. The van der Waals surface area contributed by atoms with Crippen LogP contribution in [0.25, 0.3) is 10.9 Å². The first-order valence-corrected chi connectivity index (χ1v) is 9.66. The number of likely N-dealkylation sites (tertiary alicyclic amines) is 1. The van der Waals surface area contributed by atoms with Crippen LogP contribution in [0.2, 0.25) is 0 Å². The Bertz CT molecular complexity index is 848. The number of ether oxygens (including phenoxy) is 1. The highest BCUT2D eigenvalue weighted by molar-refractivity contribution is 7.99. The molecule has 0 unspecified atom stereocenters. The van der Waals surface area contributed by atoms with Crippen molar-refractivity contribution in [3.8, 4) is 5.75 Å². The monoisotopic (exact) mass is 352 g/mol. The molecule has 1 N–H and O–H groups in total. The van der Waals surface area contributed by atoms with E-state index in [4.69, 9.17) is 4.74 Å². The molecule has 2 heterocycles. The van der Waals surface area contributed by atoms with E-state index in [1.807, 2.05) is 12.1 Å². The molecule has 1 saturated heterocycles. The highest BCUT2D eigenvalue weighted by Gasteiger charge is 2.21. The average Bonchev–Trinajstić information content (AvgIpc) is 3.06. The zero-order valence-electron chi connectivity index (χ0n) is 14.8. The first kappa shape index (κ1) is 16.6. The lowest BCUT2D eigenvalue weighted by molar-refractivity contribution is 0.256. The summed E-state index contributed by atoms with van der Waals surface area (Å²) in [6.45, 7) is 2.38. The molecule has 1 aliphatic rings. The molecule has 0 radical (unpaired) electrons. The van der Waals surface area contributed by atoms with Crippen molar-refractivity contribution in [2.45, 2.75) is 28.6 Å². The third kappa shape index (κ3) is 3.55. The maximum Gasteiger partial charge on any atom is 0.118 e. The fourth-order valence-corrected chi connectivity index (χ4v) is 4.48. The molecule has 1 aliphatic heterocycles. The van der Waals surface area contributed by atoms with E-state index in [-0.39, 0.29) is 0 Å². The van der Waals surface area contributed by atoms with Crippen molar-refractivity contribution in [3.05, 3.63) is 54.2 Å². The Morgan fingerprint density at radius 1 is 1.04 bits per heavy atom. The molecule has 2 aromatic carbocycles. The van der Waals surface area contributed by atoms with Gasteiger partial charge >= 0.3 is 0 Å². The van der Waals surface area contributed by atoms with Crippen molar-refractivity contribution >= 4 is 22.7 Å². The van der Waals surface area contributed by atoms with E-state index < -0.39 is 0 Å². The minimum atomic E-state index is 0.672. The SMILES string of the molecule is COc1ccc(Sc2ccc3[nH]cc(C4CCN(C)CC4)c3c2)cc1. The Balaban J connectivity index is 1.59. The van der Waals surface area contributed by atoms with Crippen LogP contribution in [-0.4, -0.2) is 37.1 Å². The van der Waals surface area contributed by atoms with Gasteiger partial charge in [0.1, 0.15) is 5.75 Å². The fraction of sp³-hybridized carbons (Fsp3) is 0.333. The van der Waals surface area contributed by atoms with Crippen molar-refractivity contribution in [1.29, 1.82) is 0 Å². The summed E-state index contributed by atoms with van der Waals surface area (Å²) in [5.41, 5.74) is 2.73. The third-order valence-corrected chi connectivity index (χ3v) is 6.14.